The highest BCUT2D eigenvalue weighted by atomic mass is 16.5. The molecular weight excluding hydrogens is 316 g/mol. The highest BCUT2D eigenvalue weighted by Crippen LogP contribution is 2.25. The Morgan fingerprint density at radius 1 is 1.24 bits per heavy atom. The van der Waals surface area contributed by atoms with Crippen molar-refractivity contribution in [1.82, 2.24) is 10.3 Å². The molecule has 5 nitrogen and oxygen atoms in total. The van der Waals surface area contributed by atoms with Gasteiger partial charge < -0.3 is 20.1 Å². The molecule has 0 fully saturated rings. The molecule has 2 aromatic carbocycles. The number of phenols is 1. The van der Waals surface area contributed by atoms with E-state index in [0.29, 0.717) is 11.1 Å². The van der Waals surface area contributed by atoms with E-state index in [2.05, 4.69) is 34.6 Å². The predicted octanol–water partition coefficient (Wildman–Crippen LogP) is 3.55. The van der Waals surface area contributed by atoms with Crippen LogP contribution in [0.4, 0.5) is 0 Å². The van der Waals surface area contributed by atoms with Crippen LogP contribution in [0.2, 0.25) is 0 Å². The number of aromatic amines is 1. The number of hydrogen-bond acceptors (Lipinski definition) is 4. The maximum absolute atomic E-state index is 11.7. The van der Waals surface area contributed by atoms with Gasteiger partial charge in [-0.25, -0.2) is 4.79 Å². The minimum absolute atomic E-state index is 0.0828. The number of methoxy groups -OCH3 is 1. The Bertz CT molecular complexity index is 886. The van der Waals surface area contributed by atoms with E-state index in [1.54, 1.807) is 12.1 Å². The van der Waals surface area contributed by atoms with E-state index in [0.717, 1.165) is 18.5 Å². The van der Waals surface area contributed by atoms with Crippen LogP contribution in [0.3, 0.4) is 0 Å². The van der Waals surface area contributed by atoms with Crippen molar-refractivity contribution in [3.8, 4) is 5.75 Å². The molecule has 0 saturated carbocycles. The summed E-state index contributed by atoms with van der Waals surface area (Å²) in [7, 11) is 1.35. The van der Waals surface area contributed by atoms with Crippen LogP contribution in [-0.4, -0.2) is 29.7 Å². The van der Waals surface area contributed by atoms with Crippen LogP contribution in [0.1, 0.15) is 34.5 Å². The summed E-state index contributed by atoms with van der Waals surface area (Å²) in [5.74, 6) is -0.241. The normalized spacial score (nSPS) is 12.2. The number of H-pyrrole nitrogens is 1. The maximum atomic E-state index is 11.7. The summed E-state index contributed by atoms with van der Waals surface area (Å²) in [4.78, 5) is 14.8. The summed E-state index contributed by atoms with van der Waals surface area (Å²) < 4.78 is 4.73. The largest absolute Gasteiger partial charge is 0.508 e. The quantitative estimate of drug-likeness (QED) is 0.601. The van der Waals surface area contributed by atoms with E-state index in [4.69, 9.17) is 4.74 Å². The van der Waals surface area contributed by atoms with Gasteiger partial charge in [-0.05, 0) is 67.2 Å². The molecule has 0 aliphatic heterocycles. The summed E-state index contributed by atoms with van der Waals surface area (Å²) in [6.07, 6.45) is 2.81. The molecule has 0 radical (unpaired) electrons. The molecule has 25 heavy (non-hydrogen) atoms. The van der Waals surface area contributed by atoms with E-state index in [1.165, 1.54) is 24.1 Å². The molecule has 130 valence electrons. The summed E-state index contributed by atoms with van der Waals surface area (Å²) >= 11 is 0. The van der Waals surface area contributed by atoms with Gasteiger partial charge in [0.25, 0.3) is 0 Å². The van der Waals surface area contributed by atoms with Gasteiger partial charge in [0.05, 0.1) is 12.7 Å². The van der Waals surface area contributed by atoms with Crippen molar-refractivity contribution in [3.05, 3.63) is 65.4 Å². The van der Waals surface area contributed by atoms with Crippen LogP contribution in [0.5, 0.6) is 5.75 Å². The first-order valence-electron chi connectivity index (χ1n) is 8.29. The van der Waals surface area contributed by atoms with E-state index >= 15 is 0 Å². The van der Waals surface area contributed by atoms with Gasteiger partial charge in [-0.3, -0.25) is 0 Å². The lowest BCUT2D eigenvalue weighted by Crippen LogP contribution is -2.21. The molecule has 5 heteroatoms. The van der Waals surface area contributed by atoms with Gasteiger partial charge in [0, 0.05) is 23.3 Å². The minimum Gasteiger partial charge on any atom is -0.508 e. The second-order valence-electron chi connectivity index (χ2n) is 6.09. The fraction of sp³-hybridized carbons (Fsp3) is 0.250. The Balaban J connectivity index is 1.63. The van der Waals surface area contributed by atoms with Gasteiger partial charge in [-0.2, -0.15) is 0 Å². The highest BCUT2D eigenvalue weighted by molar-refractivity contribution is 5.89. The third kappa shape index (κ3) is 3.83. The van der Waals surface area contributed by atoms with Crippen molar-refractivity contribution in [2.75, 3.05) is 13.7 Å². The Morgan fingerprint density at radius 2 is 2.08 bits per heavy atom. The monoisotopic (exact) mass is 338 g/mol. The molecule has 1 heterocycles. The van der Waals surface area contributed by atoms with Gasteiger partial charge in [-0.15, -0.1) is 0 Å². The molecule has 0 saturated heterocycles. The number of benzene rings is 2. The second-order valence-corrected chi connectivity index (χ2v) is 6.09. The lowest BCUT2D eigenvalue weighted by Gasteiger charge is -2.16. The average molecular weight is 338 g/mol. The zero-order valence-corrected chi connectivity index (χ0v) is 14.4. The highest BCUT2D eigenvalue weighted by Gasteiger charge is 2.14. The van der Waals surface area contributed by atoms with Crippen LogP contribution in [0.15, 0.2) is 48.7 Å². The van der Waals surface area contributed by atoms with Crippen molar-refractivity contribution in [3.63, 3.8) is 0 Å². The van der Waals surface area contributed by atoms with E-state index in [-0.39, 0.29) is 11.8 Å². The Hall–Kier alpha value is -2.79. The number of ether oxygens (including phenoxy) is 1. The Morgan fingerprint density at radius 3 is 2.88 bits per heavy atom. The number of hydrogen-bond donors (Lipinski definition) is 3. The van der Waals surface area contributed by atoms with Gasteiger partial charge in [0.2, 0.25) is 0 Å². The molecule has 0 bridgehead atoms. The van der Waals surface area contributed by atoms with E-state index in [9.17, 15) is 9.90 Å². The third-order valence-corrected chi connectivity index (χ3v) is 4.40. The zero-order chi connectivity index (χ0) is 17.8. The molecule has 3 rings (SSSR count). The van der Waals surface area contributed by atoms with Crippen LogP contribution in [0, 0.1) is 0 Å². The fourth-order valence-corrected chi connectivity index (χ4v) is 2.95. The maximum Gasteiger partial charge on any atom is 0.337 e. The van der Waals surface area contributed by atoms with Gasteiger partial charge in [0.1, 0.15) is 5.75 Å². The minimum atomic E-state index is -0.409. The van der Waals surface area contributed by atoms with Crippen LogP contribution in [-0.2, 0) is 11.2 Å². The Kier molecular flexibility index (Phi) is 5.05. The van der Waals surface area contributed by atoms with Gasteiger partial charge in [-0.1, -0.05) is 6.07 Å². The van der Waals surface area contributed by atoms with Crippen molar-refractivity contribution in [2.45, 2.75) is 19.4 Å². The number of fused-ring (bicyclic) bond motifs is 1. The first-order valence-corrected chi connectivity index (χ1v) is 8.29. The molecule has 0 aliphatic rings. The van der Waals surface area contributed by atoms with E-state index < -0.39 is 5.97 Å². The first-order chi connectivity index (χ1) is 12.1. The summed E-state index contributed by atoms with van der Waals surface area (Å²) in [6.45, 7) is 2.73. The fourth-order valence-electron chi connectivity index (χ4n) is 2.95. The van der Waals surface area contributed by atoms with E-state index in [1.807, 2.05) is 13.1 Å². The number of phenolic OH excluding ortho intramolecular Hbond substituents is 1. The van der Waals surface area contributed by atoms with Crippen molar-refractivity contribution in [2.24, 2.45) is 0 Å². The molecule has 0 spiro atoms. The Labute approximate surface area is 146 Å². The molecule has 0 aliphatic carbocycles. The molecule has 3 aromatic rings. The average Bonchev–Trinajstić information content (AvgIpc) is 3.09. The number of carbonyl (C=O) groups excluding carboxylic acids is 1. The van der Waals surface area contributed by atoms with Crippen LogP contribution < -0.4 is 5.32 Å². The lowest BCUT2D eigenvalue weighted by molar-refractivity contribution is 0.0600. The molecular formula is C20H22N2O3. The zero-order valence-electron chi connectivity index (χ0n) is 14.4. The van der Waals surface area contributed by atoms with Crippen LogP contribution >= 0.6 is 0 Å². The molecule has 1 unspecified atom stereocenters. The lowest BCUT2D eigenvalue weighted by atomic mass is 10.0. The van der Waals surface area contributed by atoms with Gasteiger partial charge >= 0.3 is 5.97 Å². The van der Waals surface area contributed by atoms with Crippen molar-refractivity contribution in [1.29, 1.82) is 0 Å². The standard InChI is InChI=1S/C20H22N2O3/c1-13(17-12-16(20(24)25-2)4-6-19(17)23)21-9-7-14-3-5-18-15(11-14)8-10-22-18/h3-6,8,10-13,21-23H,7,9H2,1-2H3. The van der Waals surface area contributed by atoms with Crippen molar-refractivity contribution >= 4 is 16.9 Å². The number of carbonyl (C=O) groups is 1. The topological polar surface area (TPSA) is 74.3 Å². The van der Waals surface area contributed by atoms with Crippen LogP contribution in [0.25, 0.3) is 10.9 Å². The number of aromatic hydroxyl groups is 1. The molecule has 1 aromatic heterocycles. The summed E-state index contributed by atoms with van der Waals surface area (Å²) in [5.41, 5.74) is 3.50. The van der Waals surface area contributed by atoms with Crippen molar-refractivity contribution < 1.29 is 14.6 Å². The summed E-state index contributed by atoms with van der Waals surface area (Å²) in [5, 5.41) is 14.7. The number of aromatic nitrogens is 1. The number of rotatable bonds is 6. The summed E-state index contributed by atoms with van der Waals surface area (Å²) in [6, 6.07) is 13.1. The number of nitrogens with one attached hydrogen (secondary N) is 2. The molecule has 3 N–H and O–H groups in total. The molecule has 1 atom stereocenters. The first kappa shape index (κ1) is 17.0. The second kappa shape index (κ2) is 7.40. The van der Waals surface area contributed by atoms with Gasteiger partial charge in [0.15, 0.2) is 0 Å². The predicted molar refractivity (Wildman–Crippen MR) is 97.9 cm³/mol. The molecule has 0 amide bonds. The smallest absolute Gasteiger partial charge is 0.337 e. The number of esters is 1. The third-order valence-electron chi connectivity index (χ3n) is 4.40. The SMILES string of the molecule is COC(=O)c1ccc(O)c(C(C)NCCc2ccc3[nH]ccc3c2)c1.